The van der Waals surface area contributed by atoms with Gasteiger partial charge in [0.25, 0.3) is 11.5 Å². The Morgan fingerprint density at radius 2 is 1.78 bits per heavy atom. The lowest BCUT2D eigenvalue weighted by Gasteiger charge is -2.29. The number of ether oxygens (including phenoxy) is 2. The lowest BCUT2D eigenvalue weighted by molar-refractivity contribution is -0.122. The summed E-state index contributed by atoms with van der Waals surface area (Å²) >= 11 is 6.91. The molecule has 2 aliphatic rings. The Kier molecular flexibility index (Phi) is 10.5. The average molecular weight is 595 g/mol. The molecule has 2 saturated heterocycles. The highest BCUT2D eigenvalue weighted by Crippen LogP contribution is 2.37. The van der Waals surface area contributed by atoms with E-state index in [9.17, 15) is 14.9 Å². The Bertz CT molecular complexity index is 1440. The average Bonchev–Trinajstić information content (AvgIpc) is 3.13. The van der Waals surface area contributed by atoms with Gasteiger partial charge in [-0.15, -0.1) is 0 Å². The van der Waals surface area contributed by atoms with Gasteiger partial charge in [-0.05, 0) is 61.9 Å². The van der Waals surface area contributed by atoms with Crippen molar-refractivity contribution >= 4 is 46.1 Å². The van der Waals surface area contributed by atoms with Crippen LogP contribution in [0.2, 0.25) is 0 Å². The number of amides is 1. The van der Waals surface area contributed by atoms with Crippen LogP contribution in [-0.2, 0) is 17.8 Å². The number of hydrogen-bond donors (Lipinski definition) is 0. The van der Waals surface area contributed by atoms with E-state index in [4.69, 9.17) is 21.7 Å². The molecule has 0 atom stereocenters. The second-order valence-corrected chi connectivity index (χ2v) is 12.0. The number of unbranched alkanes of at least 4 members (excludes halogenated alkanes) is 1. The summed E-state index contributed by atoms with van der Waals surface area (Å²) in [5.74, 6) is 1.94. The molecule has 0 unspecified atom stereocenters. The molecule has 0 saturated carbocycles. The van der Waals surface area contributed by atoms with Gasteiger partial charge in [0.1, 0.15) is 21.8 Å². The van der Waals surface area contributed by atoms with E-state index in [0.29, 0.717) is 45.8 Å². The molecule has 0 radical (unpaired) electrons. The van der Waals surface area contributed by atoms with E-state index in [2.05, 4.69) is 17.9 Å². The van der Waals surface area contributed by atoms with E-state index >= 15 is 0 Å². The summed E-state index contributed by atoms with van der Waals surface area (Å²) in [6, 6.07) is 7.86. The van der Waals surface area contributed by atoms with Crippen LogP contribution >= 0.6 is 24.0 Å². The number of anilines is 1. The maximum Gasteiger partial charge on any atom is 0.270 e. The third-order valence-corrected chi connectivity index (χ3v) is 9.09. The minimum Gasteiger partial charge on any atom is -0.493 e. The lowest BCUT2D eigenvalue weighted by Crippen LogP contribution is -2.35. The van der Waals surface area contributed by atoms with Crippen molar-refractivity contribution in [3.05, 3.63) is 55.7 Å². The summed E-state index contributed by atoms with van der Waals surface area (Å²) in [6.07, 6.45) is 8.59. The molecular formula is C31H38N4O4S2. The minimum atomic E-state index is -0.252. The zero-order valence-corrected chi connectivity index (χ0v) is 26.0. The summed E-state index contributed by atoms with van der Waals surface area (Å²) in [6.45, 7) is 6.53. The monoisotopic (exact) mass is 594 g/mol. The molecule has 1 aromatic heterocycles. The van der Waals surface area contributed by atoms with Crippen molar-refractivity contribution in [2.24, 2.45) is 0 Å². The van der Waals surface area contributed by atoms with Crippen LogP contribution < -0.4 is 19.9 Å². The number of rotatable bonds is 10. The van der Waals surface area contributed by atoms with Crippen LogP contribution in [0, 0.1) is 18.3 Å². The second-order valence-electron chi connectivity index (χ2n) is 10.3. The standard InChI is InChI=1S/C31H38N4O4S2/c1-5-6-16-34-28(33-14-9-7-8-10-15-33)23(21(2)24(20-32)29(34)36)19-27-30(37)35(31(40)41-27)17-13-22-11-12-25(38-3)26(18-22)39-4/h11-12,18-19H,5-10,13-17H2,1-4H3. The molecule has 1 aromatic carbocycles. The van der Waals surface area contributed by atoms with Crippen LogP contribution in [0.1, 0.15) is 67.7 Å². The van der Waals surface area contributed by atoms with Gasteiger partial charge in [0, 0.05) is 31.7 Å². The molecule has 3 heterocycles. The smallest absolute Gasteiger partial charge is 0.270 e. The number of hydrogen-bond acceptors (Lipinski definition) is 8. The highest BCUT2D eigenvalue weighted by Gasteiger charge is 2.33. The van der Waals surface area contributed by atoms with E-state index < -0.39 is 0 Å². The van der Waals surface area contributed by atoms with Crippen LogP contribution in [0.5, 0.6) is 11.5 Å². The summed E-state index contributed by atoms with van der Waals surface area (Å²) in [5, 5.41) is 9.95. The van der Waals surface area contributed by atoms with Crippen molar-refractivity contribution in [1.29, 1.82) is 5.26 Å². The predicted molar refractivity (Wildman–Crippen MR) is 169 cm³/mol. The van der Waals surface area contributed by atoms with Gasteiger partial charge in [-0.3, -0.25) is 19.1 Å². The first-order valence-corrected chi connectivity index (χ1v) is 15.5. The highest BCUT2D eigenvalue weighted by molar-refractivity contribution is 8.26. The summed E-state index contributed by atoms with van der Waals surface area (Å²) in [5.41, 5.74) is 2.26. The Hall–Kier alpha value is -3.29. The highest BCUT2D eigenvalue weighted by atomic mass is 32.2. The number of pyridine rings is 1. The third kappa shape index (κ3) is 6.62. The van der Waals surface area contributed by atoms with Crippen LogP contribution in [-0.4, -0.2) is 53.5 Å². The molecule has 4 rings (SSSR count). The van der Waals surface area contributed by atoms with E-state index in [0.717, 1.165) is 68.6 Å². The fourth-order valence-corrected chi connectivity index (χ4v) is 6.68. The number of carbonyl (C=O) groups is 1. The third-order valence-electron chi connectivity index (χ3n) is 7.71. The number of thioether (sulfide) groups is 1. The quantitative estimate of drug-likeness (QED) is 0.257. The summed E-state index contributed by atoms with van der Waals surface area (Å²) in [4.78, 5) is 31.6. The Morgan fingerprint density at radius 1 is 1.07 bits per heavy atom. The van der Waals surface area contributed by atoms with Crippen LogP contribution in [0.25, 0.3) is 6.08 Å². The molecule has 41 heavy (non-hydrogen) atoms. The van der Waals surface area contributed by atoms with Crippen molar-refractivity contribution < 1.29 is 14.3 Å². The van der Waals surface area contributed by atoms with Crippen molar-refractivity contribution in [1.82, 2.24) is 9.47 Å². The van der Waals surface area contributed by atoms with Gasteiger partial charge >= 0.3 is 0 Å². The van der Waals surface area contributed by atoms with Crippen LogP contribution in [0.3, 0.4) is 0 Å². The zero-order chi connectivity index (χ0) is 29.5. The van der Waals surface area contributed by atoms with Gasteiger partial charge in [-0.1, -0.05) is 56.2 Å². The first-order chi connectivity index (χ1) is 19.8. The molecule has 0 bridgehead atoms. The molecule has 218 valence electrons. The van der Waals surface area contributed by atoms with Crippen molar-refractivity contribution in [3.63, 3.8) is 0 Å². The minimum absolute atomic E-state index is 0.134. The fraction of sp³-hybridized carbons (Fsp3) is 0.484. The van der Waals surface area contributed by atoms with Crippen molar-refractivity contribution in [2.45, 2.75) is 65.3 Å². The number of aromatic nitrogens is 1. The molecule has 0 N–H and O–H groups in total. The maximum atomic E-state index is 13.7. The summed E-state index contributed by atoms with van der Waals surface area (Å²) in [7, 11) is 3.19. The van der Waals surface area contributed by atoms with E-state index in [-0.39, 0.29) is 17.0 Å². The van der Waals surface area contributed by atoms with Crippen LogP contribution in [0.15, 0.2) is 27.9 Å². The molecule has 1 amide bonds. The first kappa shape index (κ1) is 30.7. The Labute approximate surface area is 251 Å². The van der Waals surface area contributed by atoms with Gasteiger partial charge < -0.3 is 14.4 Å². The van der Waals surface area contributed by atoms with Gasteiger partial charge in [0.15, 0.2) is 11.5 Å². The maximum absolute atomic E-state index is 13.7. The normalized spacial score (nSPS) is 16.7. The summed E-state index contributed by atoms with van der Waals surface area (Å²) < 4.78 is 13.0. The lowest BCUT2D eigenvalue weighted by atomic mass is 10.0. The van der Waals surface area contributed by atoms with Gasteiger partial charge in [0.05, 0.1) is 19.1 Å². The first-order valence-electron chi connectivity index (χ1n) is 14.2. The van der Waals surface area contributed by atoms with Crippen LogP contribution in [0.4, 0.5) is 5.82 Å². The number of thiocarbonyl (C=S) groups is 1. The number of nitriles is 1. The molecule has 0 spiro atoms. The molecule has 2 aromatic rings. The van der Waals surface area contributed by atoms with Gasteiger partial charge in [0.2, 0.25) is 0 Å². The zero-order valence-electron chi connectivity index (χ0n) is 24.3. The molecule has 0 aliphatic carbocycles. The van der Waals surface area contributed by atoms with Gasteiger partial charge in [-0.25, -0.2) is 0 Å². The van der Waals surface area contributed by atoms with E-state index in [1.807, 2.05) is 31.2 Å². The van der Waals surface area contributed by atoms with E-state index in [1.54, 1.807) is 23.7 Å². The Morgan fingerprint density at radius 3 is 2.41 bits per heavy atom. The molecule has 10 heteroatoms. The number of carbonyl (C=O) groups excluding carboxylic acids is 1. The second kappa shape index (κ2) is 14.1. The molecule has 2 fully saturated rings. The van der Waals surface area contributed by atoms with E-state index in [1.165, 1.54) is 11.8 Å². The Balaban J connectivity index is 1.71. The molecular weight excluding hydrogens is 556 g/mol. The van der Waals surface area contributed by atoms with Gasteiger partial charge in [-0.2, -0.15) is 5.26 Å². The topological polar surface area (TPSA) is 87.8 Å². The SMILES string of the molecule is CCCCn1c(N2CCCCCC2)c(C=C2SC(=S)N(CCc3ccc(OC)c(OC)c3)C2=O)c(C)c(C#N)c1=O. The number of nitrogens with zero attached hydrogens (tertiary/aromatic N) is 4. The fourth-order valence-electron chi connectivity index (χ4n) is 5.39. The number of benzene rings is 1. The predicted octanol–water partition coefficient (Wildman–Crippen LogP) is 5.67. The van der Waals surface area contributed by atoms with Crippen molar-refractivity contribution in [2.75, 3.05) is 38.8 Å². The number of methoxy groups -OCH3 is 2. The molecule has 2 aliphatic heterocycles. The van der Waals surface area contributed by atoms with Crippen molar-refractivity contribution in [3.8, 4) is 17.6 Å². The molecule has 8 nitrogen and oxygen atoms in total. The largest absolute Gasteiger partial charge is 0.493 e.